The van der Waals surface area contributed by atoms with Gasteiger partial charge in [-0.1, -0.05) is 30.3 Å². The summed E-state index contributed by atoms with van der Waals surface area (Å²) in [6, 6.07) is 12.3. The van der Waals surface area contributed by atoms with Gasteiger partial charge in [-0.3, -0.25) is 0 Å². The van der Waals surface area contributed by atoms with Crippen LogP contribution in [0, 0.1) is 0 Å². The Labute approximate surface area is 87.6 Å². The van der Waals surface area contributed by atoms with Gasteiger partial charge in [0.1, 0.15) is 0 Å². The van der Waals surface area contributed by atoms with Gasteiger partial charge in [0.15, 0.2) is 0 Å². The average Bonchev–Trinajstić information content (AvgIpc) is 2.72. The van der Waals surface area contributed by atoms with Crippen LogP contribution in [0.2, 0.25) is 0 Å². The third-order valence-electron chi connectivity index (χ3n) is 2.14. The van der Waals surface area contributed by atoms with Crippen LogP contribution in [0.25, 0.3) is 0 Å². The monoisotopic (exact) mass is 204 g/mol. The van der Waals surface area contributed by atoms with Crippen LogP contribution in [-0.4, -0.2) is 4.37 Å². The van der Waals surface area contributed by atoms with Crippen LogP contribution in [0.1, 0.15) is 16.5 Å². The first-order chi connectivity index (χ1) is 6.86. The van der Waals surface area contributed by atoms with Gasteiger partial charge in [-0.2, -0.15) is 0 Å². The van der Waals surface area contributed by atoms with E-state index in [1.807, 2.05) is 30.5 Å². The zero-order valence-electron chi connectivity index (χ0n) is 7.76. The zero-order valence-corrected chi connectivity index (χ0v) is 8.58. The Kier molecular flexibility index (Phi) is 2.91. The molecule has 0 radical (unpaired) electrons. The molecule has 2 aromatic rings. The Balaban J connectivity index is 2.07. The molecule has 0 aliphatic rings. The second kappa shape index (κ2) is 4.35. The van der Waals surface area contributed by atoms with Crippen LogP contribution >= 0.6 is 11.5 Å². The molecule has 1 unspecified atom stereocenters. The highest BCUT2D eigenvalue weighted by molar-refractivity contribution is 7.05. The summed E-state index contributed by atoms with van der Waals surface area (Å²) >= 11 is 1.52. The van der Waals surface area contributed by atoms with Gasteiger partial charge in [-0.15, -0.1) is 0 Å². The number of hydrogen-bond acceptors (Lipinski definition) is 3. The molecular weight excluding hydrogens is 192 g/mol. The maximum atomic E-state index is 6.07. The van der Waals surface area contributed by atoms with Crippen molar-refractivity contribution in [1.82, 2.24) is 4.37 Å². The van der Waals surface area contributed by atoms with E-state index in [-0.39, 0.29) is 6.04 Å². The topological polar surface area (TPSA) is 38.9 Å². The first kappa shape index (κ1) is 9.37. The number of hydrogen-bond donors (Lipinski definition) is 1. The highest BCUT2D eigenvalue weighted by Crippen LogP contribution is 2.17. The van der Waals surface area contributed by atoms with Gasteiger partial charge >= 0.3 is 0 Å². The summed E-state index contributed by atoms with van der Waals surface area (Å²) in [5.41, 5.74) is 7.25. The van der Waals surface area contributed by atoms with Crippen LogP contribution in [-0.2, 0) is 6.42 Å². The predicted molar refractivity (Wildman–Crippen MR) is 59.2 cm³/mol. The van der Waals surface area contributed by atoms with E-state index in [2.05, 4.69) is 16.5 Å². The Morgan fingerprint density at radius 3 is 2.64 bits per heavy atom. The lowest BCUT2D eigenvalue weighted by molar-refractivity contribution is 0.730. The van der Waals surface area contributed by atoms with Crippen molar-refractivity contribution in [3.63, 3.8) is 0 Å². The summed E-state index contributed by atoms with van der Waals surface area (Å²) in [6.45, 7) is 0. The molecule has 1 heterocycles. The molecule has 0 amide bonds. The lowest BCUT2D eigenvalue weighted by atomic mass is 10.0. The van der Waals surface area contributed by atoms with Crippen molar-refractivity contribution in [3.8, 4) is 0 Å². The first-order valence-electron chi connectivity index (χ1n) is 4.56. The number of rotatable bonds is 3. The minimum absolute atomic E-state index is 0.0802. The molecule has 1 aromatic heterocycles. The van der Waals surface area contributed by atoms with Crippen LogP contribution < -0.4 is 5.73 Å². The number of nitrogens with zero attached hydrogens (tertiary/aromatic N) is 1. The van der Waals surface area contributed by atoms with Crippen molar-refractivity contribution < 1.29 is 0 Å². The van der Waals surface area contributed by atoms with Crippen molar-refractivity contribution in [2.24, 2.45) is 5.73 Å². The molecule has 3 heteroatoms. The van der Waals surface area contributed by atoms with Gasteiger partial charge in [0.05, 0.1) is 0 Å². The predicted octanol–water partition coefficient (Wildman–Crippen LogP) is 2.39. The number of aromatic nitrogens is 1. The van der Waals surface area contributed by atoms with Gasteiger partial charge in [0, 0.05) is 23.5 Å². The number of nitrogens with two attached hydrogens (primary N) is 1. The SMILES string of the molecule is NC(Cc1ccns1)c1ccccc1. The molecule has 0 aliphatic carbocycles. The molecule has 14 heavy (non-hydrogen) atoms. The van der Waals surface area contributed by atoms with Crippen molar-refractivity contribution in [3.05, 3.63) is 53.0 Å². The maximum Gasteiger partial charge on any atom is 0.0409 e. The van der Waals surface area contributed by atoms with Crippen LogP contribution in [0.3, 0.4) is 0 Å². The standard InChI is InChI=1S/C11H12N2S/c12-11(8-10-6-7-13-14-10)9-4-2-1-3-5-9/h1-7,11H,8,12H2. The fourth-order valence-corrected chi connectivity index (χ4v) is 2.02. The second-order valence-corrected chi connectivity index (χ2v) is 4.12. The van der Waals surface area contributed by atoms with Crippen molar-refractivity contribution >= 4 is 11.5 Å². The van der Waals surface area contributed by atoms with Crippen LogP contribution in [0.15, 0.2) is 42.6 Å². The summed E-state index contributed by atoms with van der Waals surface area (Å²) in [5, 5.41) is 0. The van der Waals surface area contributed by atoms with Gasteiger partial charge < -0.3 is 5.73 Å². The molecule has 2 rings (SSSR count). The molecule has 0 spiro atoms. The molecule has 1 atom stereocenters. The van der Waals surface area contributed by atoms with Crippen molar-refractivity contribution in [1.29, 1.82) is 0 Å². The lowest BCUT2D eigenvalue weighted by Crippen LogP contribution is -2.12. The Morgan fingerprint density at radius 2 is 2.00 bits per heavy atom. The molecular formula is C11H12N2S. The maximum absolute atomic E-state index is 6.07. The van der Waals surface area contributed by atoms with E-state index in [0.717, 1.165) is 6.42 Å². The number of benzene rings is 1. The van der Waals surface area contributed by atoms with E-state index in [4.69, 9.17) is 5.73 Å². The molecule has 2 nitrogen and oxygen atoms in total. The van der Waals surface area contributed by atoms with E-state index in [1.54, 1.807) is 0 Å². The minimum atomic E-state index is 0.0802. The Morgan fingerprint density at radius 1 is 1.21 bits per heavy atom. The second-order valence-electron chi connectivity index (χ2n) is 3.20. The summed E-state index contributed by atoms with van der Waals surface area (Å²) in [5.74, 6) is 0. The third-order valence-corrected chi connectivity index (χ3v) is 2.90. The largest absolute Gasteiger partial charge is 0.324 e. The van der Waals surface area contributed by atoms with E-state index in [9.17, 15) is 0 Å². The highest BCUT2D eigenvalue weighted by atomic mass is 32.1. The van der Waals surface area contributed by atoms with E-state index in [0.29, 0.717) is 0 Å². The molecule has 72 valence electrons. The molecule has 0 fully saturated rings. The molecule has 0 saturated heterocycles. The minimum Gasteiger partial charge on any atom is -0.324 e. The third kappa shape index (κ3) is 2.19. The first-order valence-corrected chi connectivity index (χ1v) is 5.33. The van der Waals surface area contributed by atoms with E-state index in [1.165, 1.54) is 22.0 Å². The normalized spacial score (nSPS) is 12.6. The summed E-state index contributed by atoms with van der Waals surface area (Å²) < 4.78 is 4.06. The summed E-state index contributed by atoms with van der Waals surface area (Å²) in [4.78, 5) is 1.24. The molecule has 0 bridgehead atoms. The average molecular weight is 204 g/mol. The fourth-order valence-electron chi connectivity index (χ4n) is 1.38. The van der Waals surface area contributed by atoms with Gasteiger partial charge in [0.25, 0.3) is 0 Å². The van der Waals surface area contributed by atoms with Gasteiger partial charge in [-0.25, -0.2) is 4.37 Å². The lowest BCUT2D eigenvalue weighted by Gasteiger charge is -2.09. The molecule has 2 N–H and O–H groups in total. The highest BCUT2D eigenvalue weighted by Gasteiger charge is 2.06. The molecule has 0 aliphatic heterocycles. The Hall–Kier alpha value is -1.19. The fraction of sp³-hybridized carbons (Fsp3) is 0.182. The van der Waals surface area contributed by atoms with Crippen molar-refractivity contribution in [2.45, 2.75) is 12.5 Å². The quantitative estimate of drug-likeness (QED) is 0.833. The smallest absolute Gasteiger partial charge is 0.0409 e. The molecule has 1 aromatic carbocycles. The van der Waals surface area contributed by atoms with Gasteiger partial charge in [0.2, 0.25) is 0 Å². The van der Waals surface area contributed by atoms with Crippen molar-refractivity contribution in [2.75, 3.05) is 0 Å². The van der Waals surface area contributed by atoms with Crippen LogP contribution in [0.4, 0.5) is 0 Å². The molecule has 0 saturated carbocycles. The van der Waals surface area contributed by atoms with E-state index < -0.39 is 0 Å². The Bertz CT molecular complexity index is 369. The van der Waals surface area contributed by atoms with E-state index >= 15 is 0 Å². The summed E-state index contributed by atoms with van der Waals surface area (Å²) in [6.07, 6.45) is 2.69. The summed E-state index contributed by atoms with van der Waals surface area (Å²) in [7, 11) is 0. The van der Waals surface area contributed by atoms with Crippen LogP contribution in [0.5, 0.6) is 0 Å². The zero-order chi connectivity index (χ0) is 9.80. The van der Waals surface area contributed by atoms with Gasteiger partial charge in [-0.05, 0) is 23.2 Å².